The summed E-state index contributed by atoms with van der Waals surface area (Å²) in [5.41, 5.74) is 1.88. The van der Waals surface area contributed by atoms with Crippen molar-refractivity contribution >= 4 is 32.7 Å². The molecule has 0 radical (unpaired) electrons. The van der Waals surface area contributed by atoms with Crippen LogP contribution in [0.2, 0.25) is 0 Å². The number of sulfone groups is 1. The van der Waals surface area contributed by atoms with Crippen molar-refractivity contribution in [1.82, 2.24) is 19.8 Å². The maximum atomic E-state index is 13.4. The summed E-state index contributed by atoms with van der Waals surface area (Å²) in [5, 5.41) is 2.72. The molecule has 1 unspecified atom stereocenters. The van der Waals surface area contributed by atoms with Crippen molar-refractivity contribution in [3.05, 3.63) is 24.0 Å². The zero-order valence-electron chi connectivity index (χ0n) is 21.6. The lowest BCUT2D eigenvalue weighted by atomic mass is 9.92. The zero-order valence-corrected chi connectivity index (χ0v) is 22.4. The van der Waals surface area contributed by atoms with E-state index in [1.165, 1.54) is 12.8 Å². The molecule has 2 aliphatic heterocycles. The van der Waals surface area contributed by atoms with E-state index in [4.69, 9.17) is 4.98 Å². The monoisotopic (exact) mass is 514 g/mol. The number of likely N-dealkylation sites (tertiary alicyclic amines) is 1. The molecule has 1 saturated carbocycles. The lowest BCUT2D eigenvalue weighted by Crippen LogP contribution is -2.43. The van der Waals surface area contributed by atoms with Crippen LogP contribution in [0.3, 0.4) is 0 Å². The lowest BCUT2D eigenvalue weighted by Gasteiger charge is -2.33. The van der Waals surface area contributed by atoms with Gasteiger partial charge in [-0.25, -0.2) is 13.4 Å². The third-order valence-electron chi connectivity index (χ3n) is 7.69. The first-order chi connectivity index (χ1) is 17.0. The highest BCUT2D eigenvalue weighted by Gasteiger charge is 2.34. The minimum atomic E-state index is -3.47. The summed E-state index contributed by atoms with van der Waals surface area (Å²) in [6.45, 7) is 9.06. The number of piperidine rings is 1. The number of carbonyl (C=O) groups excluding carboxylic acids is 2. The molecular formula is C27H38N4O4S. The fourth-order valence-corrected chi connectivity index (χ4v) is 7.20. The predicted octanol–water partition coefficient (Wildman–Crippen LogP) is 3.18. The molecular weight excluding hydrogens is 476 g/mol. The molecule has 5 rings (SSSR count). The summed E-state index contributed by atoms with van der Waals surface area (Å²) < 4.78 is 29.0. The van der Waals surface area contributed by atoms with Crippen molar-refractivity contribution in [1.29, 1.82) is 0 Å². The first-order valence-corrected chi connectivity index (χ1v) is 14.9. The lowest BCUT2D eigenvalue weighted by molar-refractivity contribution is -0.137. The first kappa shape index (κ1) is 25.2. The maximum Gasteiger partial charge on any atom is 0.227 e. The van der Waals surface area contributed by atoms with E-state index in [1.807, 2.05) is 6.07 Å². The van der Waals surface area contributed by atoms with Crippen LogP contribution >= 0.6 is 0 Å². The first-order valence-electron chi connectivity index (χ1n) is 13.3. The highest BCUT2D eigenvalue weighted by atomic mass is 32.2. The normalized spacial score (nSPS) is 21.8. The fourth-order valence-electron chi connectivity index (χ4n) is 5.49. The van der Waals surface area contributed by atoms with E-state index < -0.39 is 9.84 Å². The Bertz CT molecular complexity index is 1260. The molecule has 1 atom stereocenters. The van der Waals surface area contributed by atoms with E-state index in [1.54, 1.807) is 17.0 Å². The third kappa shape index (κ3) is 5.61. The third-order valence-corrected chi connectivity index (χ3v) is 9.57. The van der Waals surface area contributed by atoms with Crippen LogP contribution in [-0.4, -0.2) is 60.1 Å². The largest absolute Gasteiger partial charge is 0.355 e. The second kappa shape index (κ2) is 9.47. The van der Waals surface area contributed by atoms with Crippen LogP contribution < -0.4 is 5.32 Å². The molecule has 1 aliphatic carbocycles. The average Bonchev–Trinajstić information content (AvgIpc) is 3.43. The van der Waals surface area contributed by atoms with E-state index in [9.17, 15) is 18.0 Å². The fraction of sp³-hybridized carbons (Fsp3) is 0.667. The highest BCUT2D eigenvalue weighted by Crippen LogP contribution is 2.34. The predicted molar refractivity (Wildman–Crippen MR) is 138 cm³/mol. The molecule has 9 heteroatoms. The molecule has 0 spiro atoms. The number of hydrogen-bond donors (Lipinski definition) is 1. The van der Waals surface area contributed by atoms with Crippen molar-refractivity contribution in [2.75, 3.05) is 25.4 Å². The van der Waals surface area contributed by atoms with Gasteiger partial charge in [-0.3, -0.25) is 9.59 Å². The Morgan fingerprint density at radius 3 is 2.44 bits per heavy atom. The second-order valence-electron chi connectivity index (χ2n) is 12.2. The molecule has 2 saturated heterocycles. The van der Waals surface area contributed by atoms with E-state index in [2.05, 4.69) is 30.7 Å². The Hall–Kier alpha value is -2.42. The van der Waals surface area contributed by atoms with Gasteiger partial charge in [0, 0.05) is 39.0 Å². The van der Waals surface area contributed by atoms with E-state index in [-0.39, 0.29) is 41.2 Å². The van der Waals surface area contributed by atoms with Crippen LogP contribution in [0.1, 0.15) is 58.7 Å². The van der Waals surface area contributed by atoms with Gasteiger partial charge in [0.1, 0.15) is 5.82 Å². The van der Waals surface area contributed by atoms with Gasteiger partial charge in [-0.15, -0.1) is 0 Å². The molecule has 1 aromatic carbocycles. The van der Waals surface area contributed by atoms with Crippen LogP contribution in [0.25, 0.3) is 11.0 Å². The molecule has 2 aromatic rings. The van der Waals surface area contributed by atoms with Gasteiger partial charge < -0.3 is 14.8 Å². The van der Waals surface area contributed by atoms with Crippen molar-refractivity contribution in [3.8, 4) is 0 Å². The minimum absolute atomic E-state index is 0.00736. The Kier molecular flexibility index (Phi) is 6.64. The maximum absolute atomic E-state index is 13.4. The number of benzene rings is 1. The molecule has 2 amide bonds. The zero-order chi connectivity index (χ0) is 25.7. The number of amides is 2. The minimum Gasteiger partial charge on any atom is -0.355 e. The number of hydrogen-bond acceptors (Lipinski definition) is 5. The van der Waals surface area contributed by atoms with Gasteiger partial charge in [0.15, 0.2) is 9.84 Å². The van der Waals surface area contributed by atoms with E-state index >= 15 is 0 Å². The second-order valence-corrected chi connectivity index (χ2v) is 14.3. The van der Waals surface area contributed by atoms with Gasteiger partial charge in [-0.1, -0.05) is 20.8 Å². The smallest absolute Gasteiger partial charge is 0.227 e. The Balaban J connectivity index is 1.27. The quantitative estimate of drug-likeness (QED) is 0.612. The van der Waals surface area contributed by atoms with Crippen LogP contribution in [0.5, 0.6) is 0 Å². The number of nitrogens with zero attached hydrogens (tertiary/aromatic N) is 3. The molecule has 36 heavy (non-hydrogen) atoms. The topological polar surface area (TPSA) is 101 Å². The van der Waals surface area contributed by atoms with Crippen molar-refractivity contribution in [2.24, 2.45) is 23.2 Å². The summed E-state index contributed by atoms with van der Waals surface area (Å²) in [5.74, 6) is 1.49. The van der Waals surface area contributed by atoms with Crippen molar-refractivity contribution in [3.63, 3.8) is 0 Å². The van der Waals surface area contributed by atoms with E-state index in [0.717, 1.165) is 29.8 Å². The number of nitrogens with one attached hydrogen (secondary N) is 1. The number of imidazole rings is 1. The molecule has 3 aliphatic rings. The van der Waals surface area contributed by atoms with Crippen LogP contribution in [-0.2, 0) is 32.4 Å². The standard InChI is InChI=1S/C27H38N4O4S/c1-27(2,3)14-24-29-22-13-21(6-7-23(22)31(24)16-18-4-5-18)36(34,35)17-19-8-10-30(11-9-19)26(33)20-12-25(32)28-15-20/h6-7,13,18-20H,4-5,8-12,14-17H2,1-3H3,(H,28,32). The van der Waals surface area contributed by atoms with Gasteiger partial charge in [-0.2, -0.15) is 0 Å². The van der Waals surface area contributed by atoms with Crippen LogP contribution in [0.4, 0.5) is 0 Å². The Labute approximate surface area is 213 Å². The summed E-state index contributed by atoms with van der Waals surface area (Å²) in [6.07, 6.45) is 4.92. The van der Waals surface area contributed by atoms with Crippen molar-refractivity contribution in [2.45, 2.75) is 70.7 Å². The molecule has 1 N–H and O–H groups in total. The molecule has 196 valence electrons. The number of carbonyl (C=O) groups is 2. The van der Waals surface area contributed by atoms with Gasteiger partial charge >= 0.3 is 0 Å². The molecule has 3 heterocycles. The molecule has 1 aromatic heterocycles. The average molecular weight is 515 g/mol. The number of rotatable bonds is 7. The highest BCUT2D eigenvalue weighted by molar-refractivity contribution is 7.91. The summed E-state index contributed by atoms with van der Waals surface area (Å²) in [7, 11) is -3.47. The molecule has 8 nitrogen and oxygen atoms in total. The summed E-state index contributed by atoms with van der Waals surface area (Å²) >= 11 is 0. The van der Waals surface area contributed by atoms with Gasteiger partial charge in [0.2, 0.25) is 11.8 Å². The van der Waals surface area contributed by atoms with Crippen molar-refractivity contribution < 1.29 is 18.0 Å². The SMILES string of the molecule is CC(C)(C)Cc1nc2cc(S(=O)(=O)CC3CCN(C(=O)C4CNC(=O)C4)CC3)ccc2n1CC1CC1. The summed E-state index contributed by atoms with van der Waals surface area (Å²) in [4.78, 5) is 31.1. The summed E-state index contributed by atoms with van der Waals surface area (Å²) in [6, 6.07) is 5.43. The Morgan fingerprint density at radius 2 is 1.83 bits per heavy atom. The molecule has 3 fully saturated rings. The Morgan fingerprint density at radius 1 is 1.11 bits per heavy atom. The number of fused-ring (bicyclic) bond motifs is 1. The van der Waals surface area contributed by atoms with Gasteiger partial charge in [-0.05, 0) is 61.1 Å². The van der Waals surface area contributed by atoms with Gasteiger partial charge in [0.05, 0.1) is 27.6 Å². The van der Waals surface area contributed by atoms with Crippen LogP contribution in [0, 0.1) is 23.2 Å². The molecule has 0 bridgehead atoms. The number of aromatic nitrogens is 2. The van der Waals surface area contributed by atoms with Crippen LogP contribution in [0.15, 0.2) is 23.1 Å². The van der Waals surface area contributed by atoms with Gasteiger partial charge in [0.25, 0.3) is 0 Å². The van der Waals surface area contributed by atoms with E-state index in [0.29, 0.717) is 43.3 Å².